The molecule has 3 nitrogen and oxygen atoms in total. The second kappa shape index (κ2) is 4.93. The van der Waals surface area contributed by atoms with Crippen molar-refractivity contribution in [2.45, 2.75) is 52.2 Å². The van der Waals surface area contributed by atoms with E-state index in [-0.39, 0.29) is 24.9 Å². The van der Waals surface area contributed by atoms with Crippen LogP contribution >= 0.6 is 0 Å². The van der Waals surface area contributed by atoms with Gasteiger partial charge in [-0.15, -0.1) is 0 Å². The predicted octanol–water partition coefficient (Wildman–Crippen LogP) is 1.83. The van der Waals surface area contributed by atoms with E-state index in [2.05, 4.69) is 52.8 Å². The molecule has 0 amide bonds. The van der Waals surface area contributed by atoms with Crippen LogP contribution in [0.5, 0.6) is 0 Å². The molecule has 1 aromatic carbocycles. The molecule has 0 aliphatic carbocycles. The summed E-state index contributed by atoms with van der Waals surface area (Å²) < 4.78 is 12.1. The molecule has 0 unspecified atom stereocenters. The third-order valence-corrected chi connectivity index (χ3v) is 4.09. The van der Waals surface area contributed by atoms with Crippen molar-refractivity contribution in [2.24, 2.45) is 0 Å². The SMILES string of the molecule is Cc1cc(CCO)cc(B2OC(C)(C)C(C)(C)O2)c1. The van der Waals surface area contributed by atoms with Gasteiger partial charge >= 0.3 is 7.12 Å². The van der Waals surface area contributed by atoms with Gasteiger partial charge in [0.15, 0.2) is 0 Å². The molecule has 1 saturated heterocycles. The number of aryl methyl sites for hydroxylation is 1. The average Bonchev–Trinajstić information content (AvgIpc) is 2.48. The Morgan fingerprint density at radius 2 is 1.63 bits per heavy atom. The van der Waals surface area contributed by atoms with Crippen molar-refractivity contribution >= 4 is 12.6 Å². The molecule has 0 bridgehead atoms. The van der Waals surface area contributed by atoms with Crippen LogP contribution in [0.25, 0.3) is 0 Å². The van der Waals surface area contributed by atoms with Gasteiger partial charge in [-0.25, -0.2) is 0 Å². The molecule has 1 fully saturated rings. The first-order valence-corrected chi connectivity index (χ1v) is 6.82. The summed E-state index contributed by atoms with van der Waals surface area (Å²) in [5.41, 5.74) is 2.67. The van der Waals surface area contributed by atoms with Crippen LogP contribution < -0.4 is 5.46 Å². The molecule has 1 N–H and O–H groups in total. The molecule has 4 heteroatoms. The summed E-state index contributed by atoms with van der Waals surface area (Å²) in [6.07, 6.45) is 0.661. The standard InChI is InChI=1S/C15H23BO3/c1-11-8-12(6-7-17)10-13(9-11)16-18-14(2,3)15(4,5)19-16/h8-10,17H,6-7H2,1-5H3. The van der Waals surface area contributed by atoms with Gasteiger partial charge in [0.2, 0.25) is 0 Å². The Bertz CT molecular complexity index is 452. The Kier molecular flexibility index (Phi) is 3.78. The molecule has 1 heterocycles. The van der Waals surface area contributed by atoms with Crippen LogP contribution in [0.4, 0.5) is 0 Å². The fourth-order valence-electron chi connectivity index (χ4n) is 2.28. The molecule has 0 atom stereocenters. The number of rotatable bonds is 3. The zero-order valence-corrected chi connectivity index (χ0v) is 12.5. The summed E-state index contributed by atoms with van der Waals surface area (Å²) in [5.74, 6) is 0. The minimum absolute atomic E-state index is 0.159. The molecule has 19 heavy (non-hydrogen) atoms. The minimum atomic E-state index is -0.331. The zero-order chi connectivity index (χ0) is 14.3. The number of hydrogen-bond donors (Lipinski definition) is 1. The molecule has 0 spiro atoms. The molecule has 0 saturated carbocycles. The summed E-state index contributed by atoms with van der Waals surface area (Å²) in [6.45, 7) is 10.4. The van der Waals surface area contributed by atoms with Gasteiger partial charge in [-0.2, -0.15) is 0 Å². The molecule has 0 radical (unpaired) electrons. The zero-order valence-electron chi connectivity index (χ0n) is 12.5. The van der Waals surface area contributed by atoms with Crippen LogP contribution in [0.2, 0.25) is 0 Å². The lowest BCUT2D eigenvalue weighted by Gasteiger charge is -2.32. The monoisotopic (exact) mass is 262 g/mol. The first-order chi connectivity index (χ1) is 8.75. The summed E-state index contributed by atoms with van der Waals surface area (Å²) in [6, 6.07) is 6.24. The molecular formula is C15H23BO3. The Labute approximate surface area is 116 Å². The van der Waals surface area contributed by atoms with E-state index in [0.29, 0.717) is 6.42 Å². The van der Waals surface area contributed by atoms with Gasteiger partial charge in [0, 0.05) is 6.61 Å². The van der Waals surface area contributed by atoms with Gasteiger partial charge in [0.05, 0.1) is 11.2 Å². The molecule has 1 aromatic rings. The predicted molar refractivity (Wildman–Crippen MR) is 77.7 cm³/mol. The highest BCUT2D eigenvalue weighted by molar-refractivity contribution is 6.62. The van der Waals surface area contributed by atoms with E-state index in [1.807, 2.05) is 0 Å². The minimum Gasteiger partial charge on any atom is -0.399 e. The van der Waals surface area contributed by atoms with Crippen molar-refractivity contribution in [3.63, 3.8) is 0 Å². The van der Waals surface area contributed by atoms with Gasteiger partial charge in [0.1, 0.15) is 0 Å². The van der Waals surface area contributed by atoms with Gasteiger partial charge in [-0.1, -0.05) is 23.8 Å². The fraction of sp³-hybridized carbons (Fsp3) is 0.600. The topological polar surface area (TPSA) is 38.7 Å². The second-order valence-electron chi connectivity index (χ2n) is 6.31. The first-order valence-electron chi connectivity index (χ1n) is 6.82. The van der Waals surface area contributed by atoms with Crippen LogP contribution in [0.3, 0.4) is 0 Å². The van der Waals surface area contributed by atoms with Gasteiger partial charge in [0.25, 0.3) is 0 Å². The van der Waals surface area contributed by atoms with Crippen LogP contribution in [-0.2, 0) is 15.7 Å². The highest BCUT2D eigenvalue weighted by atomic mass is 16.7. The van der Waals surface area contributed by atoms with Crippen LogP contribution in [0.1, 0.15) is 38.8 Å². The molecule has 1 aliphatic rings. The van der Waals surface area contributed by atoms with Crippen molar-refractivity contribution in [3.05, 3.63) is 29.3 Å². The van der Waals surface area contributed by atoms with E-state index >= 15 is 0 Å². The molecular weight excluding hydrogens is 239 g/mol. The quantitative estimate of drug-likeness (QED) is 0.844. The maximum absolute atomic E-state index is 9.07. The third-order valence-electron chi connectivity index (χ3n) is 4.09. The van der Waals surface area contributed by atoms with Crippen molar-refractivity contribution in [1.82, 2.24) is 0 Å². The number of aliphatic hydroxyl groups excluding tert-OH is 1. The largest absolute Gasteiger partial charge is 0.494 e. The van der Waals surface area contributed by atoms with Gasteiger partial charge in [-0.05, 0) is 52.1 Å². The smallest absolute Gasteiger partial charge is 0.399 e. The van der Waals surface area contributed by atoms with Crippen LogP contribution in [0.15, 0.2) is 18.2 Å². The Balaban J connectivity index is 2.29. The molecule has 2 rings (SSSR count). The summed E-state index contributed by atoms with van der Waals surface area (Å²) >= 11 is 0. The Morgan fingerprint density at radius 1 is 1.05 bits per heavy atom. The van der Waals surface area contributed by atoms with E-state index in [1.165, 1.54) is 0 Å². The molecule has 104 valence electrons. The lowest BCUT2D eigenvalue weighted by molar-refractivity contribution is 0.00578. The average molecular weight is 262 g/mol. The lowest BCUT2D eigenvalue weighted by Crippen LogP contribution is -2.41. The molecule has 0 aromatic heterocycles. The van der Waals surface area contributed by atoms with Crippen LogP contribution in [-0.4, -0.2) is 30.0 Å². The van der Waals surface area contributed by atoms with Crippen molar-refractivity contribution < 1.29 is 14.4 Å². The Morgan fingerprint density at radius 3 is 2.16 bits per heavy atom. The van der Waals surface area contributed by atoms with E-state index in [1.54, 1.807) is 0 Å². The van der Waals surface area contributed by atoms with Crippen molar-refractivity contribution in [1.29, 1.82) is 0 Å². The maximum atomic E-state index is 9.07. The summed E-state index contributed by atoms with van der Waals surface area (Å²) in [5, 5.41) is 9.07. The van der Waals surface area contributed by atoms with E-state index < -0.39 is 0 Å². The summed E-state index contributed by atoms with van der Waals surface area (Å²) in [4.78, 5) is 0. The van der Waals surface area contributed by atoms with Crippen LogP contribution in [0, 0.1) is 6.92 Å². The number of hydrogen-bond acceptors (Lipinski definition) is 3. The van der Waals surface area contributed by atoms with E-state index in [4.69, 9.17) is 14.4 Å². The van der Waals surface area contributed by atoms with E-state index in [0.717, 1.165) is 16.6 Å². The first kappa shape index (κ1) is 14.6. The fourth-order valence-corrected chi connectivity index (χ4v) is 2.28. The highest BCUT2D eigenvalue weighted by Gasteiger charge is 2.51. The Hall–Kier alpha value is -0.835. The number of aliphatic hydroxyl groups is 1. The summed E-state index contributed by atoms with van der Waals surface area (Å²) in [7, 11) is -0.331. The second-order valence-corrected chi connectivity index (χ2v) is 6.31. The molecule has 1 aliphatic heterocycles. The van der Waals surface area contributed by atoms with Gasteiger partial charge < -0.3 is 14.4 Å². The normalized spacial score (nSPS) is 20.8. The van der Waals surface area contributed by atoms with Crippen molar-refractivity contribution in [3.8, 4) is 0 Å². The maximum Gasteiger partial charge on any atom is 0.494 e. The lowest BCUT2D eigenvalue weighted by atomic mass is 9.77. The van der Waals surface area contributed by atoms with E-state index in [9.17, 15) is 0 Å². The third kappa shape index (κ3) is 2.86. The van der Waals surface area contributed by atoms with Gasteiger partial charge in [-0.3, -0.25) is 0 Å². The van der Waals surface area contributed by atoms with Crippen molar-refractivity contribution in [2.75, 3.05) is 6.61 Å². The highest BCUT2D eigenvalue weighted by Crippen LogP contribution is 2.36. The number of benzene rings is 1.